The standard InChI is InChI=1S/C22H26N2O3/c1-16(2)22(25)24(14-17-7-5-4-6-8-17)15-20-13-21(23-27-20)18-9-11-19(26-3)12-10-18/h4-12,16,20H,13-15H2,1-3H3/t20-/m0/s1. The molecule has 2 aromatic rings. The largest absolute Gasteiger partial charge is 0.497 e. The number of rotatable bonds is 7. The van der Waals surface area contributed by atoms with Crippen molar-refractivity contribution in [1.29, 1.82) is 0 Å². The third-order valence-electron chi connectivity index (χ3n) is 4.60. The molecule has 0 saturated heterocycles. The highest BCUT2D eigenvalue weighted by atomic mass is 16.6. The van der Waals surface area contributed by atoms with Crippen LogP contribution < -0.4 is 4.74 Å². The number of hydrogen-bond acceptors (Lipinski definition) is 4. The summed E-state index contributed by atoms with van der Waals surface area (Å²) in [6, 6.07) is 17.8. The molecular weight excluding hydrogens is 340 g/mol. The SMILES string of the molecule is COc1ccc(C2=NO[C@H](CN(Cc3ccccc3)C(=O)C(C)C)C2)cc1. The fourth-order valence-corrected chi connectivity index (χ4v) is 3.13. The molecule has 142 valence electrons. The molecule has 0 aliphatic carbocycles. The highest BCUT2D eigenvalue weighted by Crippen LogP contribution is 2.21. The fourth-order valence-electron chi connectivity index (χ4n) is 3.13. The number of ether oxygens (including phenoxy) is 1. The first-order valence-electron chi connectivity index (χ1n) is 9.26. The minimum atomic E-state index is -0.131. The summed E-state index contributed by atoms with van der Waals surface area (Å²) in [5, 5.41) is 4.25. The number of hydrogen-bond donors (Lipinski definition) is 0. The molecule has 0 fully saturated rings. The van der Waals surface area contributed by atoms with Crippen LogP contribution in [0.5, 0.6) is 5.75 Å². The Morgan fingerprint density at radius 1 is 1.19 bits per heavy atom. The van der Waals surface area contributed by atoms with Gasteiger partial charge >= 0.3 is 0 Å². The van der Waals surface area contributed by atoms with Crippen LogP contribution in [0.1, 0.15) is 31.4 Å². The van der Waals surface area contributed by atoms with Crippen LogP contribution in [0.3, 0.4) is 0 Å². The Morgan fingerprint density at radius 2 is 1.89 bits per heavy atom. The van der Waals surface area contributed by atoms with E-state index in [2.05, 4.69) is 5.16 Å². The molecule has 1 amide bonds. The van der Waals surface area contributed by atoms with Crippen LogP contribution in [-0.2, 0) is 16.2 Å². The maximum absolute atomic E-state index is 12.7. The fraction of sp³-hybridized carbons (Fsp3) is 0.364. The molecule has 0 radical (unpaired) electrons. The second kappa shape index (κ2) is 8.71. The second-order valence-electron chi connectivity index (χ2n) is 7.06. The molecule has 0 N–H and O–H groups in total. The lowest BCUT2D eigenvalue weighted by Gasteiger charge is -2.26. The highest BCUT2D eigenvalue weighted by molar-refractivity contribution is 6.01. The van der Waals surface area contributed by atoms with Gasteiger partial charge in [-0.1, -0.05) is 49.3 Å². The van der Waals surface area contributed by atoms with E-state index in [1.165, 1.54) is 0 Å². The number of carbonyl (C=O) groups excluding carboxylic acids is 1. The molecule has 0 saturated carbocycles. The van der Waals surface area contributed by atoms with Crippen LogP contribution in [0.25, 0.3) is 0 Å². The molecular formula is C22H26N2O3. The lowest BCUT2D eigenvalue weighted by Crippen LogP contribution is -2.39. The summed E-state index contributed by atoms with van der Waals surface area (Å²) >= 11 is 0. The molecule has 27 heavy (non-hydrogen) atoms. The molecule has 0 spiro atoms. The Bertz CT molecular complexity index is 785. The average molecular weight is 366 g/mol. The van der Waals surface area contributed by atoms with Gasteiger partial charge in [0.15, 0.2) is 6.10 Å². The zero-order chi connectivity index (χ0) is 19.2. The summed E-state index contributed by atoms with van der Waals surface area (Å²) in [7, 11) is 1.65. The molecule has 2 aromatic carbocycles. The number of carbonyl (C=O) groups is 1. The lowest BCUT2D eigenvalue weighted by molar-refractivity contribution is -0.136. The van der Waals surface area contributed by atoms with E-state index >= 15 is 0 Å². The zero-order valence-electron chi connectivity index (χ0n) is 16.1. The molecule has 1 atom stereocenters. The minimum absolute atomic E-state index is 0.0582. The smallest absolute Gasteiger partial charge is 0.225 e. The van der Waals surface area contributed by atoms with Gasteiger partial charge in [-0.25, -0.2) is 0 Å². The van der Waals surface area contributed by atoms with Gasteiger partial charge in [0, 0.05) is 18.9 Å². The molecule has 0 aromatic heterocycles. The molecule has 1 heterocycles. The summed E-state index contributed by atoms with van der Waals surface area (Å²) < 4.78 is 5.20. The van der Waals surface area contributed by atoms with Gasteiger partial charge in [0.25, 0.3) is 0 Å². The third-order valence-corrected chi connectivity index (χ3v) is 4.60. The molecule has 1 aliphatic rings. The van der Waals surface area contributed by atoms with Gasteiger partial charge in [0.05, 0.1) is 19.4 Å². The van der Waals surface area contributed by atoms with Gasteiger partial charge in [-0.3, -0.25) is 4.79 Å². The Balaban J connectivity index is 1.65. The van der Waals surface area contributed by atoms with Crippen LogP contribution in [0.2, 0.25) is 0 Å². The Hall–Kier alpha value is -2.82. The maximum Gasteiger partial charge on any atom is 0.225 e. The first-order valence-corrected chi connectivity index (χ1v) is 9.26. The van der Waals surface area contributed by atoms with Crippen LogP contribution in [0.4, 0.5) is 0 Å². The van der Waals surface area contributed by atoms with Gasteiger partial charge in [0.2, 0.25) is 5.91 Å². The van der Waals surface area contributed by atoms with Crippen molar-refractivity contribution < 1.29 is 14.4 Å². The summed E-state index contributed by atoms with van der Waals surface area (Å²) in [5.41, 5.74) is 3.03. The van der Waals surface area contributed by atoms with Gasteiger partial charge in [0.1, 0.15) is 5.75 Å². The van der Waals surface area contributed by atoms with Crippen LogP contribution in [0, 0.1) is 5.92 Å². The van der Waals surface area contributed by atoms with Crippen molar-refractivity contribution in [1.82, 2.24) is 4.90 Å². The number of benzene rings is 2. The van der Waals surface area contributed by atoms with Crippen LogP contribution >= 0.6 is 0 Å². The molecule has 1 aliphatic heterocycles. The predicted octanol–water partition coefficient (Wildman–Crippen LogP) is 3.87. The van der Waals surface area contributed by atoms with E-state index < -0.39 is 0 Å². The molecule has 5 heteroatoms. The predicted molar refractivity (Wildman–Crippen MR) is 106 cm³/mol. The number of methoxy groups -OCH3 is 1. The monoisotopic (exact) mass is 366 g/mol. The Labute approximate surface area is 160 Å². The topological polar surface area (TPSA) is 51.1 Å². The molecule has 0 bridgehead atoms. The van der Waals surface area contributed by atoms with Gasteiger partial charge in [-0.05, 0) is 35.4 Å². The lowest BCUT2D eigenvalue weighted by atomic mass is 10.0. The van der Waals surface area contributed by atoms with E-state index in [0.29, 0.717) is 19.5 Å². The van der Waals surface area contributed by atoms with Crippen molar-refractivity contribution in [3.8, 4) is 5.75 Å². The van der Waals surface area contributed by atoms with E-state index in [0.717, 1.165) is 22.6 Å². The summed E-state index contributed by atoms with van der Waals surface area (Å²) in [6.45, 7) is 4.95. The summed E-state index contributed by atoms with van der Waals surface area (Å²) in [5.74, 6) is 0.879. The van der Waals surface area contributed by atoms with Gasteiger partial charge in [-0.15, -0.1) is 0 Å². The molecule has 0 unspecified atom stereocenters. The van der Waals surface area contributed by atoms with E-state index in [4.69, 9.17) is 9.57 Å². The van der Waals surface area contributed by atoms with Crippen LogP contribution in [0.15, 0.2) is 59.8 Å². The van der Waals surface area contributed by atoms with Crippen molar-refractivity contribution in [2.75, 3.05) is 13.7 Å². The first kappa shape index (κ1) is 19.0. The normalized spacial score (nSPS) is 16.0. The zero-order valence-corrected chi connectivity index (χ0v) is 16.1. The average Bonchev–Trinajstić information content (AvgIpc) is 3.16. The second-order valence-corrected chi connectivity index (χ2v) is 7.06. The Morgan fingerprint density at radius 3 is 2.52 bits per heavy atom. The van der Waals surface area contributed by atoms with Crippen LogP contribution in [-0.4, -0.2) is 36.3 Å². The van der Waals surface area contributed by atoms with Crippen molar-refractivity contribution >= 4 is 11.6 Å². The molecule has 3 rings (SSSR count). The maximum atomic E-state index is 12.7. The first-order chi connectivity index (χ1) is 13.1. The van der Waals surface area contributed by atoms with E-state index in [-0.39, 0.29) is 17.9 Å². The number of nitrogens with zero attached hydrogens (tertiary/aromatic N) is 2. The van der Waals surface area contributed by atoms with Crippen molar-refractivity contribution in [3.05, 3.63) is 65.7 Å². The van der Waals surface area contributed by atoms with Crippen molar-refractivity contribution in [3.63, 3.8) is 0 Å². The van der Waals surface area contributed by atoms with Gasteiger partial charge < -0.3 is 14.5 Å². The van der Waals surface area contributed by atoms with E-state index in [1.54, 1.807) is 7.11 Å². The van der Waals surface area contributed by atoms with Crippen molar-refractivity contribution in [2.24, 2.45) is 11.1 Å². The van der Waals surface area contributed by atoms with E-state index in [1.807, 2.05) is 73.3 Å². The number of amides is 1. The van der Waals surface area contributed by atoms with Crippen molar-refractivity contribution in [2.45, 2.75) is 32.9 Å². The quantitative estimate of drug-likeness (QED) is 0.747. The number of oxime groups is 1. The third kappa shape index (κ3) is 4.88. The highest BCUT2D eigenvalue weighted by Gasteiger charge is 2.27. The Kier molecular flexibility index (Phi) is 6.12. The minimum Gasteiger partial charge on any atom is -0.497 e. The van der Waals surface area contributed by atoms with E-state index in [9.17, 15) is 4.79 Å². The summed E-state index contributed by atoms with van der Waals surface area (Å²) in [4.78, 5) is 20.2. The van der Waals surface area contributed by atoms with Gasteiger partial charge in [-0.2, -0.15) is 0 Å². The molecule has 5 nitrogen and oxygen atoms in total. The summed E-state index contributed by atoms with van der Waals surface area (Å²) in [6.07, 6.45) is 0.553.